The first-order chi connectivity index (χ1) is 14.6. The summed E-state index contributed by atoms with van der Waals surface area (Å²) in [5.41, 5.74) is 3.65. The molecule has 1 aromatic heterocycles. The molecule has 0 aliphatic carbocycles. The third-order valence-electron chi connectivity index (χ3n) is 5.28. The second-order valence-electron chi connectivity index (χ2n) is 7.43. The Hall–Kier alpha value is -2.54. The van der Waals surface area contributed by atoms with Crippen molar-refractivity contribution in [3.63, 3.8) is 0 Å². The van der Waals surface area contributed by atoms with Crippen molar-refractivity contribution in [1.82, 2.24) is 15.5 Å². The summed E-state index contributed by atoms with van der Waals surface area (Å²) >= 11 is 1.79. The van der Waals surface area contributed by atoms with Crippen molar-refractivity contribution in [2.45, 2.75) is 39.7 Å². The second-order valence-corrected chi connectivity index (χ2v) is 8.43. The standard InChI is InChI=1S/C23H32N4O2S/c1-4-24-23(25-11-7-18-6-5-17(2)20(15-18)29-3)26-12-8-22(28)27-13-9-21-19(16-27)10-14-30-21/h5-6,10,14-15H,4,7-9,11-13,16H2,1-3H3,(H2,24,25,26). The number of thiophene rings is 1. The number of methoxy groups -OCH3 is 1. The number of ether oxygens (including phenoxy) is 1. The van der Waals surface area contributed by atoms with Crippen LogP contribution in [0.1, 0.15) is 34.9 Å². The number of nitrogens with one attached hydrogen (secondary N) is 2. The molecular weight excluding hydrogens is 396 g/mol. The summed E-state index contributed by atoms with van der Waals surface area (Å²) in [6, 6.07) is 8.42. The fraction of sp³-hybridized carbons (Fsp3) is 0.478. The Kier molecular flexibility index (Phi) is 8.13. The molecule has 2 N–H and O–H groups in total. The molecule has 0 bridgehead atoms. The van der Waals surface area contributed by atoms with Crippen LogP contribution in [0.25, 0.3) is 0 Å². The van der Waals surface area contributed by atoms with E-state index < -0.39 is 0 Å². The van der Waals surface area contributed by atoms with Gasteiger partial charge in [-0.25, -0.2) is 0 Å². The lowest BCUT2D eigenvalue weighted by molar-refractivity contribution is -0.131. The smallest absolute Gasteiger partial charge is 0.224 e. The van der Waals surface area contributed by atoms with E-state index in [0.29, 0.717) is 13.0 Å². The number of benzene rings is 1. The van der Waals surface area contributed by atoms with Gasteiger partial charge in [0.2, 0.25) is 5.91 Å². The first-order valence-corrected chi connectivity index (χ1v) is 11.5. The Labute approximate surface area is 183 Å². The van der Waals surface area contributed by atoms with E-state index in [2.05, 4.69) is 45.3 Å². The van der Waals surface area contributed by atoms with Gasteiger partial charge in [0.25, 0.3) is 0 Å². The Morgan fingerprint density at radius 3 is 2.97 bits per heavy atom. The molecule has 1 aliphatic heterocycles. The minimum absolute atomic E-state index is 0.179. The summed E-state index contributed by atoms with van der Waals surface area (Å²) in [6.07, 6.45) is 2.28. The molecule has 30 heavy (non-hydrogen) atoms. The maximum Gasteiger partial charge on any atom is 0.224 e. The number of carbonyl (C=O) groups is 1. The zero-order valence-electron chi connectivity index (χ0n) is 18.2. The van der Waals surface area contributed by atoms with Crippen LogP contribution in [-0.2, 0) is 24.2 Å². The second kappa shape index (κ2) is 11.0. The van der Waals surface area contributed by atoms with E-state index in [0.717, 1.165) is 56.3 Å². The molecule has 162 valence electrons. The molecular formula is C23H32N4O2S. The Balaban J connectivity index is 1.45. The van der Waals surface area contributed by atoms with Gasteiger partial charge in [0.05, 0.1) is 13.7 Å². The molecule has 1 aromatic carbocycles. The summed E-state index contributed by atoms with van der Waals surface area (Å²) in [7, 11) is 1.70. The minimum Gasteiger partial charge on any atom is -0.496 e. The van der Waals surface area contributed by atoms with Crippen molar-refractivity contribution in [2.24, 2.45) is 4.99 Å². The number of guanidine groups is 1. The fourth-order valence-corrected chi connectivity index (χ4v) is 4.46. The third-order valence-corrected chi connectivity index (χ3v) is 6.30. The van der Waals surface area contributed by atoms with Gasteiger partial charge in [0.15, 0.2) is 5.96 Å². The molecule has 7 heteroatoms. The van der Waals surface area contributed by atoms with Crippen molar-refractivity contribution in [2.75, 3.05) is 33.3 Å². The van der Waals surface area contributed by atoms with Crippen molar-refractivity contribution in [3.8, 4) is 5.75 Å². The fourth-order valence-electron chi connectivity index (χ4n) is 3.57. The summed E-state index contributed by atoms with van der Waals surface area (Å²) in [4.78, 5) is 20.5. The van der Waals surface area contributed by atoms with Crippen LogP contribution in [-0.4, -0.2) is 50.1 Å². The van der Waals surface area contributed by atoms with Gasteiger partial charge in [-0.15, -0.1) is 11.3 Å². The largest absolute Gasteiger partial charge is 0.496 e. The topological polar surface area (TPSA) is 66.0 Å². The summed E-state index contributed by atoms with van der Waals surface area (Å²) in [5, 5.41) is 8.73. The normalized spacial score (nSPS) is 13.7. The number of hydrogen-bond acceptors (Lipinski definition) is 4. The maximum absolute atomic E-state index is 12.6. The average Bonchev–Trinajstić information content (AvgIpc) is 3.22. The number of nitrogens with zero attached hydrogens (tertiary/aromatic N) is 2. The van der Waals surface area contributed by atoms with Crippen LogP contribution in [0.15, 0.2) is 34.6 Å². The molecule has 1 aliphatic rings. The SMILES string of the molecule is CCNC(=NCCC(=O)N1CCc2sccc2C1)NCCc1ccc(C)c(OC)c1. The Morgan fingerprint density at radius 2 is 2.17 bits per heavy atom. The lowest BCUT2D eigenvalue weighted by Crippen LogP contribution is -2.39. The van der Waals surface area contributed by atoms with Gasteiger partial charge in [0.1, 0.15) is 5.75 Å². The number of rotatable bonds is 8. The van der Waals surface area contributed by atoms with E-state index in [1.54, 1.807) is 18.4 Å². The minimum atomic E-state index is 0.179. The van der Waals surface area contributed by atoms with Crippen LogP contribution >= 0.6 is 11.3 Å². The molecule has 0 saturated heterocycles. The Morgan fingerprint density at radius 1 is 1.30 bits per heavy atom. The lowest BCUT2D eigenvalue weighted by Gasteiger charge is -2.26. The summed E-state index contributed by atoms with van der Waals surface area (Å²) in [5.74, 6) is 1.85. The first kappa shape index (κ1) is 22.2. The number of fused-ring (bicyclic) bond motifs is 1. The predicted octanol–water partition coefficient (Wildman–Crippen LogP) is 3.14. The van der Waals surface area contributed by atoms with Crippen LogP contribution in [0.5, 0.6) is 5.75 Å². The van der Waals surface area contributed by atoms with Crippen molar-refractivity contribution in [3.05, 3.63) is 51.2 Å². The van der Waals surface area contributed by atoms with Gasteiger partial charge in [-0.1, -0.05) is 12.1 Å². The van der Waals surface area contributed by atoms with Crippen molar-refractivity contribution < 1.29 is 9.53 Å². The number of carbonyl (C=O) groups excluding carboxylic acids is 1. The molecule has 1 amide bonds. The van der Waals surface area contributed by atoms with Gasteiger partial charge < -0.3 is 20.3 Å². The summed E-state index contributed by atoms with van der Waals surface area (Å²) < 4.78 is 5.40. The molecule has 0 unspecified atom stereocenters. The molecule has 0 saturated carbocycles. The van der Waals surface area contributed by atoms with E-state index in [9.17, 15) is 4.79 Å². The van der Waals surface area contributed by atoms with Crippen LogP contribution in [0.3, 0.4) is 0 Å². The number of hydrogen-bond donors (Lipinski definition) is 2. The van der Waals surface area contributed by atoms with Crippen molar-refractivity contribution >= 4 is 23.2 Å². The van der Waals surface area contributed by atoms with Crippen LogP contribution in [0.2, 0.25) is 0 Å². The summed E-state index contributed by atoms with van der Waals surface area (Å²) in [6.45, 7) is 7.67. The predicted molar refractivity (Wildman–Crippen MR) is 123 cm³/mol. The zero-order valence-corrected chi connectivity index (χ0v) is 19.0. The van der Waals surface area contributed by atoms with Gasteiger partial charge in [0, 0.05) is 37.5 Å². The molecule has 2 aromatic rings. The van der Waals surface area contributed by atoms with E-state index in [1.807, 2.05) is 18.7 Å². The van der Waals surface area contributed by atoms with E-state index in [-0.39, 0.29) is 5.91 Å². The number of aliphatic imine (C=N–C) groups is 1. The quantitative estimate of drug-likeness (QED) is 0.501. The van der Waals surface area contributed by atoms with Gasteiger partial charge in [-0.2, -0.15) is 0 Å². The molecule has 0 radical (unpaired) electrons. The molecule has 2 heterocycles. The van der Waals surface area contributed by atoms with E-state index in [1.165, 1.54) is 16.0 Å². The molecule has 0 atom stereocenters. The monoisotopic (exact) mass is 428 g/mol. The van der Waals surface area contributed by atoms with Gasteiger partial charge in [-0.3, -0.25) is 9.79 Å². The molecule has 6 nitrogen and oxygen atoms in total. The highest BCUT2D eigenvalue weighted by molar-refractivity contribution is 7.10. The molecule has 3 rings (SSSR count). The molecule has 0 fully saturated rings. The number of amides is 1. The van der Waals surface area contributed by atoms with Gasteiger partial charge in [-0.05, 0) is 60.9 Å². The highest BCUT2D eigenvalue weighted by atomic mass is 32.1. The third kappa shape index (κ3) is 5.98. The number of aryl methyl sites for hydroxylation is 1. The van der Waals surface area contributed by atoms with E-state index in [4.69, 9.17) is 4.74 Å². The van der Waals surface area contributed by atoms with Crippen LogP contribution in [0, 0.1) is 6.92 Å². The zero-order chi connectivity index (χ0) is 21.3. The van der Waals surface area contributed by atoms with Crippen molar-refractivity contribution in [1.29, 1.82) is 0 Å². The Bertz CT molecular complexity index is 878. The average molecular weight is 429 g/mol. The highest BCUT2D eigenvalue weighted by Gasteiger charge is 2.20. The maximum atomic E-state index is 12.6. The van der Waals surface area contributed by atoms with Crippen LogP contribution in [0.4, 0.5) is 0 Å². The lowest BCUT2D eigenvalue weighted by atomic mass is 10.1. The molecule has 0 spiro atoms. The first-order valence-electron chi connectivity index (χ1n) is 10.6. The van der Waals surface area contributed by atoms with E-state index >= 15 is 0 Å². The van der Waals surface area contributed by atoms with Gasteiger partial charge >= 0.3 is 0 Å². The highest BCUT2D eigenvalue weighted by Crippen LogP contribution is 2.24. The van der Waals surface area contributed by atoms with Crippen LogP contribution < -0.4 is 15.4 Å².